The number of hydrogen-bond donors (Lipinski definition) is 1. The Morgan fingerprint density at radius 2 is 1.38 bits per heavy atom. The number of carbonyl (C=O) groups is 1. The smallest absolute Gasteiger partial charge is 0.310 e. The molecule has 0 fully saturated rings. The molecular formula is C21H36N4O4. The molecule has 0 aliphatic heterocycles. The molecule has 0 aromatic rings. The fraction of sp³-hybridized carbons (Fsp3) is 0.714. The number of nitroso groups, excluding NO2 is 2. The largest absolute Gasteiger partial charge is 0.432 e. The summed E-state index contributed by atoms with van der Waals surface area (Å²) in [5.41, 5.74) is -0.510. The molecule has 0 spiro atoms. The van der Waals surface area contributed by atoms with Crippen molar-refractivity contribution in [3.63, 3.8) is 0 Å². The van der Waals surface area contributed by atoms with Gasteiger partial charge in [0.2, 0.25) is 5.84 Å². The summed E-state index contributed by atoms with van der Waals surface area (Å²) < 4.78 is 4.77. The summed E-state index contributed by atoms with van der Waals surface area (Å²) >= 11 is 0. The van der Waals surface area contributed by atoms with E-state index in [-0.39, 0.29) is 6.42 Å². The van der Waals surface area contributed by atoms with Gasteiger partial charge in [-0.25, -0.2) is 0 Å². The molecule has 0 amide bonds. The molecule has 0 bridgehead atoms. The number of unbranched alkanes of at least 4 members (excludes halogenated alkanes) is 11. The maximum atomic E-state index is 11.6. The zero-order valence-corrected chi connectivity index (χ0v) is 17.7. The zero-order valence-electron chi connectivity index (χ0n) is 17.7. The number of rotatable bonds is 18. The lowest BCUT2D eigenvalue weighted by Gasteiger charge is -2.03. The summed E-state index contributed by atoms with van der Waals surface area (Å²) in [6.07, 6.45) is 20.9. The summed E-state index contributed by atoms with van der Waals surface area (Å²) in [5.74, 6) is 3.76. The third kappa shape index (κ3) is 16.3. The summed E-state index contributed by atoms with van der Waals surface area (Å²) in [6.45, 7) is 2.16. The van der Waals surface area contributed by atoms with Gasteiger partial charge in [-0.05, 0) is 36.0 Å². The van der Waals surface area contributed by atoms with Gasteiger partial charge >= 0.3 is 5.97 Å². The fourth-order valence-electron chi connectivity index (χ4n) is 2.84. The lowest BCUT2D eigenvalue weighted by atomic mass is 10.0. The molecule has 8 nitrogen and oxygen atoms in total. The monoisotopic (exact) mass is 408 g/mol. The molecule has 0 rings (SSSR count). The van der Waals surface area contributed by atoms with E-state index in [1.807, 2.05) is 0 Å². The Kier molecular flexibility index (Phi) is 18.7. The molecule has 0 unspecified atom stereocenters. The molecule has 0 aromatic carbocycles. The van der Waals surface area contributed by atoms with Gasteiger partial charge in [-0.15, -0.1) is 9.81 Å². The predicted molar refractivity (Wildman–Crippen MR) is 117 cm³/mol. The summed E-state index contributed by atoms with van der Waals surface area (Å²) in [6, 6.07) is 0. The van der Waals surface area contributed by atoms with Crippen molar-refractivity contribution in [3.05, 3.63) is 33.9 Å². The van der Waals surface area contributed by atoms with Crippen molar-refractivity contribution in [1.82, 2.24) is 0 Å². The van der Waals surface area contributed by atoms with Gasteiger partial charge < -0.3 is 10.6 Å². The van der Waals surface area contributed by atoms with E-state index in [0.717, 1.165) is 25.5 Å². The third-order valence-electron chi connectivity index (χ3n) is 4.49. The Labute approximate surface area is 174 Å². The highest BCUT2D eigenvalue weighted by atomic mass is 16.5. The number of carbonyl (C=O) groups excluding carboxylic acids is 1. The topological polar surface area (TPSA) is 124 Å². The van der Waals surface area contributed by atoms with Crippen LogP contribution >= 0.6 is 0 Å². The van der Waals surface area contributed by atoms with Crippen molar-refractivity contribution in [2.75, 3.05) is 0 Å². The number of amidine groups is 1. The van der Waals surface area contributed by atoms with E-state index >= 15 is 0 Å². The first kappa shape index (κ1) is 26.6. The third-order valence-corrected chi connectivity index (χ3v) is 4.49. The van der Waals surface area contributed by atoms with Crippen LogP contribution in [0.25, 0.3) is 0 Å². The molecule has 0 atom stereocenters. The van der Waals surface area contributed by atoms with E-state index in [1.165, 1.54) is 57.8 Å². The minimum absolute atomic E-state index is 0.236. The number of ether oxygens (including phenoxy) is 1. The average Bonchev–Trinajstić information content (AvgIpc) is 2.73. The van der Waals surface area contributed by atoms with Gasteiger partial charge in [0.25, 0.3) is 0 Å². The number of hydrogen-bond acceptors (Lipinski definition) is 7. The van der Waals surface area contributed by atoms with Crippen molar-refractivity contribution in [1.29, 1.82) is 0 Å². The van der Waals surface area contributed by atoms with E-state index < -0.39 is 17.5 Å². The van der Waals surface area contributed by atoms with Gasteiger partial charge in [-0.3, -0.25) is 4.79 Å². The lowest BCUT2D eigenvalue weighted by Crippen LogP contribution is -2.04. The highest BCUT2D eigenvalue weighted by Crippen LogP contribution is 2.13. The summed E-state index contributed by atoms with van der Waals surface area (Å²) in [7, 11) is 0. The van der Waals surface area contributed by atoms with E-state index in [0.29, 0.717) is 6.42 Å². The van der Waals surface area contributed by atoms with E-state index in [9.17, 15) is 14.6 Å². The molecule has 0 aromatic heterocycles. The van der Waals surface area contributed by atoms with Crippen LogP contribution < -0.4 is 5.84 Å². The van der Waals surface area contributed by atoms with Gasteiger partial charge in [-0.2, -0.15) is 5.10 Å². The normalized spacial score (nSPS) is 12.3. The Morgan fingerprint density at radius 1 is 0.828 bits per heavy atom. The molecule has 0 heterocycles. The van der Waals surface area contributed by atoms with Crippen LogP contribution in [0, 0.1) is 9.81 Å². The van der Waals surface area contributed by atoms with Crippen LogP contribution in [0.3, 0.4) is 0 Å². The number of allylic oxidation sites excluding steroid dienone is 2. The van der Waals surface area contributed by atoms with E-state index in [2.05, 4.69) is 34.5 Å². The van der Waals surface area contributed by atoms with Crippen molar-refractivity contribution in [3.8, 4) is 0 Å². The average molecular weight is 409 g/mol. The molecule has 0 saturated heterocycles. The maximum Gasteiger partial charge on any atom is 0.310 e. The van der Waals surface area contributed by atoms with Crippen LogP contribution in [0.5, 0.6) is 0 Å². The van der Waals surface area contributed by atoms with E-state index in [1.54, 1.807) is 0 Å². The van der Waals surface area contributed by atoms with Crippen LogP contribution in [0.2, 0.25) is 0 Å². The van der Waals surface area contributed by atoms with Gasteiger partial charge in [0.05, 0.1) is 0 Å². The fourth-order valence-corrected chi connectivity index (χ4v) is 2.84. The first-order valence-corrected chi connectivity index (χ1v) is 10.7. The first-order valence-electron chi connectivity index (χ1n) is 10.7. The van der Waals surface area contributed by atoms with Crippen LogP contribution in [0.15, 0.2) is 39.6 Å². The number of nitrogens with zero attached hydrogens (tertiary/aromatic N) is 3. The highest BCUT2D eigenvalue weighted by Gasteiger charge is 2.10. The molecule has 0 aliphatic rings. The van der Waals surface area contributed by atoms with Crippen LogP contribution in [0.4, 0.5) is 0 Å². The Hall–Kier alpha value is -2.38. The van der Waals surface area contributed by atoms with Crippen molar-refractivity contribution < 1.29 is 9.53 Å². The minimum Gasteiger partial charge on any atom is -0.432 e. The number of hydrazone groups is 1. The Morgan fingerprint density at radius 3 is 1.86 bits per heavy atom. The van der Waals surface area contributed by atoms with Crippen LogP contribution in [-0.4, -0.2) is 11.8 Å². The van der Waals surface area contributed by atoms with Crippen LogP contribution in [-0.2, 0) is 9.53 Å². The lowest BCUT2D eigenvalue weighted by molar-refractivity contribution is -0.138. The second kappa shape index (κ2) is 20.4. The highest BCUT2D eigenvalue weighted by molar-refractivity contribution is 5.98. The second-order valence-corrected chi connectivity index (χ2v) is 6.94. The molecule has 29 heavy (non-hydrogen) atoms. The molecule has 2 N–H and O–H groups in total. The van der Waals surface area contributed by atoms with Crippen LogP contribution in [0.1, 0.15) is 96.8 Å². The van der Waals surface area contributed by atoms with Crippen molar-refractivity contribution in [2.24, 2.45) is 21.3 Å². The van der Waals surface area contributed by atoms with Crippen molar-refractivity contribution in [2.45, 2.75) is 96.8 Å². The van der Waals surface area contributed by atoms with Gasteiger partial charge in [0.1, 0.15) is 6.26 Å². The minimum atomic E-state index is -0.614. The van der Waals surface area contributed by atoms with Crippen molar-refractivity contribution >= 4 is 11.8 Å². The summed E-state index contributed by atoms with van der Waals surface area (Å²) in [4.78, 5) is 32.5. The molecule has 0 aliphatic carbocycles. The molecule has 164 valence electrons. The van der Waals surface area contributed by atoms with Gasteiger partial charge in [-0.1, -0.05) is 76.9 Å². The predicted octanol–water partition coefficient (Wildman–Crippen LogP) is 6.21. The standard InChI is InChI=1S/C21H36N4O4/c1-2-3-4-5-6-7-8-9-10-11-12-13-14-15-16-17-20(26)29-18-19(24-27)21(23-22)25-28/h3-4,18H,2,5-17,22H2,1H3/b4-3+,19-18-,23-21?. The van der Waals surface area contributed by atoms with E-state index in [4.69, 9.17) is 10.6 Å². The number of nitrogens with two attached hydrogens (primary N) is 1. The summed E-state index contributed by atoms with van der Waals surface area (Å²) in [5, 5.41) is 7.91. The Bertz CT molecular complexity index is 545. The first-order chi connectivity index (χ1) is 14.2. The molecular weight excluding hydrogens is 372 g/mol. The molecule has 8 heteroatoms. The zero-order chi connectivity index (χ0) is 21.6. The number of esters is 1. The van der Waals surface area contributed by atoms with Gasteiger partial charge in [0, 0.05) is 6.42 Å². The second-order valence-electron chi connectivity index (χ2n) is 6.94. The molecule has 0 radical (unpaired) electrons. The molecule has 0 saturated carbocycles. The Balaban J connectivity index is 3.54. The quantitative estimate of drug-likeness (QED) is 0.0332. The van der Waals surface area contributed by atoms with Gasteiger partial charge in [0.15, 0.2) is 5.70 Å². The SMILES string of the molecule is CC/C=C/CCCCCCCCCCCCCC(=O)O/C=C(\N=O)C(N=O)=NN. The maximum absolute atomic E-state index is 11.6.